The topological polar surface area (TPSA) is 37.0 Å². The number of aromatic nitrogens is 1. The van der Waals surface area contributed by atoms with E-state index in [0.717, 1.165) is 25.5 Å². The largest absolute Gasteiger partial charge is 0.369 e. The van der Waals surface area contributed by atoms with Gasteiger partial charge in [0.15, 0.2) is 0 Å². The zero-order valence-electron chi connectivity index (χ0n) is 8.21. The minimum atomic E-state index is 0.370. The van der Waals surface area contributed by atoms with Crippen molar-refractivity contribution in [1.82, 2.24) is 10.3 Å². The smallest absolute Gasteiger partial charge is 0.129 e. The molecule has 1 aromatic heterocycles. The lowest BCUT2D eigenvalue weighted by Gasteiger charge is -2.33. The van der Waals surface area contributed by atoms with Crippen LogP contribution in [0, 0.1) is 0 Å². The Morgan fingerprint density at radius 1 is 1.29 bits per heavy atom. The highest BCUT2D eigenvalue weighted by Gasteiger charge is 2.39. The normalized spacial score (nSPS) is 23.1. The van der Waals surface area contributed by atoms with Gasteiger partial charge in [-0.1, -0.05) is 6.07 Å². The van der Waals surface area contributed by atoms with Crippen LogP contribution in [-0.2, 0) is 5.41 Å². The number of hydrogen-bond donors (Lipinski definition) is 2. The Bertz CT molecular complexity index is 337. The molecule has 3 nitrogen and oxygen atoms in total. The Morgan fingerprint density at radius 2 is 2.14 bits per heavy atom. The Balaban J connectivity index is 2.03. The van der Waals surface area contributed by atoms with E-state index in [9.17, 15) is 0 Å². The summed E-state index contributed by atoms with van der Waals surface area (Å²) in [7, 11) is 0. The molecule has 1 spiro atoms. The second-order valence-corrected chi connectivity index (χ2v) is 4.28. The molecule has 3 heterocycles. The fraction of sp³-hybridized carbons (Fsp3) is 0.545. The minimum absolute atomic E-state index is 0.370. The quantitative estimate of drug-likeness (QED) is 0.642. The SMILES string of the molecule is c1cnc2c(c1)C1(CCNCC1)CN2. The highest BCUT2D eigenvalue weighted by Crippen LogP contribution is 2.41. The highest BCUT2D eigenvalue weighted by atomic mass is 15.0. The summed E-state index contributed by atoms with van der Waals surface area (Å²) in [5.74, 6) is 1.11. The van der Waals surface area contributed by atoms with Crippen LogP contribution in [0.15, 0.2) is 18.3 Å². The molecule has 3 heteroatoms. The standard InChI is InChI=1S/C11H15N3/c1-2-9-10(13-5-1)14-8-11(9)3-6-12-7-4-11/h1-2,5,12H,3-4,6-8H2,(H,13,14). The van der Waals surface area contributed by atoms with Gasteiger partial charge >= 0.3 is 0 Å². The van der Waals surface area contributed by atoms with Crippen LogP contribution in [0.4, 0.5) is 5.82 Å². The van der Waals surface area contributed by atoms with E-state index < -0.39 is 0 Å². The first kappa shape index (κ1) is 8.24. The van der Waals surface area contributed by atoms with Crippen molar-refractivity contribution < 1.29 is 0 Å². The van der Waals surface area contributed by atoms with Crippen LogP contribution in [0.2, 0.25) is 0 Å². The number of piperidine rings is 1. The Kier molecular flexibility index (Phi) is 1.74. The maximum atomic E-state index is 4.38. The van der Waals surface area contributed by atoms with E-state index >= 15 is 0 Å². The van der Waals surface area contributed by atoms with Gasteiger partial charge in [-0.25, -0.2) is 4.98 Å². The molecule has 0 unspecified atom stereocenters. The molecule has 0 bridgehead atoms. The van der Waals surface area contributed by atoms with E-state index in [0.29, 0.717) is 5.41 Å². The Labute approximate surface area is 83.9 Å². The Morgan fingerprint density at radius 3 is 3.00 bits per heavy atom. The molecule has 0 saturated carbocycles. The third kappa shape index (κ3) is 1.05. The number of nitrogens with one attached hydrogen (secondary N) is 2. The van der Waals surface area contributed by atoms with Gasteiger partial charge in [-0.15, -0.1) is 0 Å². The highest BCUT2D eigenvalue weighted by molar-refractivity contribution is 5.55. The molecular weight excluding hydrogens is 174 g/mol. The van der Waals surface area contributed by atoms with Crippen molar-refractivity contribution in [2.24, 2.45) is 0 Å². The van der Waals surface area contributed by atoms with E-state index in [1.165, 1.54) is 18.4 Å². The molecule has 0 amide bonds. The van der Waals surface area contributed by atoms with Crippen LogP contribution in [0.5, 0.6) is 0 Å². The molecular formula is C11H15N3. The minimum Gasteiger partial charge on any atom is -0.369 e. The molecule has 74 valence electrons. The van der Waals surface area contributed by atoms with E-state index in [1.807, 2.05) is 6.20 Å². The molecule has 3 rings (SSSR count). The average Bonchev–Trinajstić information content (AvgIpc) is 2.60. The average molecular weight is 189 g/mol. The summed E-state index contributed by atoms with van der Waals surface area (Å²) >= 11 is 0. The summed E-state index contributed by atoms with van der Waals surface area (Å²) in [6.07, 6.45) is 4.34. The van der Waals surface area contributed by atoms with Gasteiger partial charge in [-0.3, -0.25) is 0 Å². The van der Waals surface area contributed by atoms with Gasteiger partial charge in [0, 0.05) is 23.7 Å². The van der Waals surface area contributed by atoms with Crippen LogP contribution in [0.1, 0.15) is 18.4 Å². The number of fused-ring (bicyclic) bond motifs is 2. The van der Waals surface area contributed by atoms with E-state index in [-0.39, 0.29) is 0 Å². The molecule has 0 radical (unpaired) electrons. The number of nitrogens with zero attached hydrogens (tertiary/aromatic N) is 1. The first-order valence-electron chi connectivity index (χ1n) is 5.31. The van der Waals surface area contributed by atoms with Gasteiger partial charge in [-0.2, -0.15) is 0 Å². The first-order valence-corrected chi connectivity index (χ1v) is 5.31. The lowest BCUT2D eigenvalue weighted by Crippen LogP contribution is -2.41. The molecule has 2 aliphatic rings. The Hall–Kier alpha value is -1.09. The predicted molar refractivity (Wildman–Crippen MR) is 56.5 cm³/mol. The van der Waals surface area contributed by atoms with E-state index in [1.54, 1.807) is 0 Å². The van der Waals surface area contributed by atoms with Crippen LogP contribution in [0.3, 0.4) is 0 Å². The van der Waals surface area contributed by atoms with Gasteiger partial charge in [0.2, 0.25) is 0 Å². The zero-order valence-corrected chi connectivity index (χ0v) is 8.21. The molecule has 14 heavy (non-hydrogen) atoms. The third-order valence-electron chi connectivity index (χ3n) is 3.53. The lowest BCUT2D eigenvalue weighted by molar-refractivity contribution is 0.335. The van der Waals surface area contributed by atoms with Crippen LogP contribution in [-0.4, -0.2) is 24.6 Å². The summed E-state index contributed by atoms with van der Waals surface area (Å²) < 4.78 is 0. The molecule has 0 atom stereocenters. The second-order valence-electron chi connectivity index (χ2n) is 4.28. The maximum Gasteiger partial charge on any atom is 0.129 e. The number of rotatable bonds is 0. The van der Waals surface area contributed by atoms with Crippen LogP contribution in [0.25, 0.3) is 0 Å². The third-order valence-corrected chi connectivity index (χ3v) is 3.53. The van der Waals surface area contributed by atoms with Crippen molar-refractivity contribution in [2.45, 2.75) is 18.3 Å². The molecule has 0 aromatic carbocycles. The summed E-state index contributed by atoms with van der Waals surface area (Å²) in [5.41, 5.74) is 1.80. The maximum absolute atomic E-state index is 4.38. The van der Waals surface area contributed by atoms with E-state index in [4.69, 9.17) is 0 Å². The molecule has 1 fully saturated rings. The molecule has 0 aliphatic carbocycles. The van der Waals surface area contributed by atoms with Crippen molar-refractivity contribution in [3.8, 4) is 0 Å². The van der Waals surface area contributed by atoms with Crippen molar-refractivity contribution in [2.75, 3.05) is 25.0 Å². The van der Waals surface area contributed by atoms with Crippen molar-refractivity contribution in [1.29, 1.82) is 0 Å². The zero-order chi connectivity index (χ0) is 9.43. The van der Waals surface area contributed by atoms with Crippen molar-refractivity contribution in [3.05, 3.63) is 23.9 Å². The summed E-state index contributed by atoms with van der Waals surface area (Å²) in [5, 5.41) is 6.84. The lowest BCUT2D eigenvalue weighted by atomic mass is 9.75. The number of pyridine rings is 1. The van der Waals surface area contributed by atoms with Crippen LogP contribution < -0.4 is 10.6 Å². The van der Waals surface area contributed by atoms with Gasteiger partial charge in [0.05, 0.1) is 0 Å². The summed E-state index contributed by atoms with van der Waals surface area (Å²) in [6, 6.07) is 4.28. The second kappa shape index (κ2) is 2.95. The van der Waals surface area contributed by atoms with Gasteiger partial charge < -0.3 is 10.6 Å². The molecule has 1 aromatic rings. The molecule has 2 aliphatic heterocycles. The number of hydrogen-bond acceptors (Lipinski definition) is 3. The van der Waals surface area contributed by atoms with Gasteiger partial charge in [0.25, 0.3) is 0 Å². The molecule has 1 saturated heterocycles. The fourth-order valence-electron chi connectivity index (χ4n) is 2.67. The predicted octanol–water partition coefficient (Wildman–Crippen LogP) is 1.13. The van der Waals surface area contributed by atoms with Gasteiger partial charge in [0.1, 0.15) is 5.82 Å². The first-order chi connectivity index (χ1) is 6.91. The van der Waals surface area contributed by atoms with Crippen LogP contribution >= 0.6 is 0 Å². The summed E-state index contributed by atoms with van der Waals surface area (Å²) in [6.45, 7) is 3.34. The fourth-order valence-corrected chi connectivity index (χ4v) is 2.67. The summed E-state index contributed by atoms with van der Waals surface area (Å²) in [4.78, 5) is 4.38. The van der Waals surface area contributed by atoms with Crippen molar-refractivity contribution in [3.63, 3.8) is 0 Å². The van der Waals surface area contributed by atoms with E-state index in [2.05, 4.69) is 27.8 Å². The number of anilines is 1. The molecule has 2 N–H and O–H groups in total. The van der Waals surface area contributed by atoms with Gasteiger partial charge in [-0.05, 0) is 32.0 Å². The monoisotopic (exact) mass is 189 g/mol. The van der Waals surface area contributed by atoms with Crippen molar-refractivity contribution >= 4 is 5.82 Å².